The summed E-state index contributed by atoms with van der Waals surface area (Å²) in [5, 5.41) is 0. The molecule has 1 unspecified atom stereocenters. The van der Waals surface area contributed by atoms with Gasteiger partial charge in [0.2, 0.25) is 0 Å². The molecular weight excluding hydrogens is 192 g/mol. The molecule has 0 aliphatic heterocycles. The minimum atomic E-state index is -3.41. The van der Waals surface area contributed by atoms with Crippen LogP contribution in [0.1, 0.15) is 26.2 Å². The molecule has 0 bridgehead atoms. The highest BCUT2D eigenvalue weighted by atomic mass is 32.2. The molecule has 0 aromatic rings. The molecule has 1 atom stereocenters. The lowest BCUT2D eigenvalue weighted by Gasteiger charge is -2.08. The zero-order valence-corrected chi connectivity index (χ0v) is 8.84. The predicted octanol–water partition coefficient (Wildman–Crippen LogP) is 0.968. The smallest absolute Gasteiger partial charge is 0.264 e. The summed E-state index contributed by atoms with van der Waals surface area (Å²) in [5.74, 6) is -0.297. The van der Waals surface area contributed by atoms with E-state index in [0.717, 1.165) is 25.4 Å². The molecule has 0 aromatic carbocycles. The van der Waals surface area contributed by atoms with E-state index in [2.05, 4.69) is 4.18 Å². The summed E-state index contributed by atoms with van der Waals surface area (Å²) in [4.78, 5) is 10.5. The Hall–Kier alpha value is -0.420. The van der Waals surface area contributed by atoms with Gasteiger partial charge in [0.25, 0.3) is 10.1 Å². The Morgan fingerprint density at radius 2 is 2.08 bits per heavy atom. The second-order valence-corrected chi connectivity index (χ2v) is 4.67. The van der Waals surface area contributed by atoms with Crippen molar-refractivity contribution in [1.82, 2.24) is 0 Å². The van der Waals surface area contributed by atoms with Crippen molar-refractivity contribution >= 4 is 16.4 Å². The van der Waals surface area contributed by atoms with Gasteiger partial charge in [-0.3, -0.25) is 4.18 Å². The van der Waals surface area contributed by atoms with Gasteiger partial charge in [0.1, 0.15) is 6.29 Å². The zero-order chi connectivity index (χ0) is 10.3. The van der Waals surface area contributed by atoms with Crippen molar-refractivity contribution in [1.29, 1.82) is 0 Å². The normalized spacial score (nSPS) is 14.0. The van der Waals surface area contributed by atoms with E-state index in [1.54, 1.807) is 0 Å². The molecule has 0 aromatic heterocycles. The Kier molecular flexibility index (Phi) is 5.90. The van der Waals surface area contributed by atoms with Crippen molar-refractivity contribution in [2.45, 2.75) is 26.2 Å². The summed E-state index contributed by atoms with van der Waals surface area (Å²) in [6, 6.07) is 0. The second-order valence-electron chi connectivity index (χ2n) is 3.03. The minimum absolute atomic E-state index is 0.0255. The lowest BCUT2D eigenvalue weighted by molar-refractivity contribution is -0.112. The van der Waals surface area contributed by atoms with Gasteiger partial charge in [-0.05, 0) is 6.42 Å². The van der Waals surface area contributed by atoms with Crippen LogP contribution in [0.15, 0.2) is 0 Å². The molecule has 0 radical (unpaired) electrons. The van der Waals surface area contributed by atoms with E-state index in [0.29, 0.717) is 6.42 Å². The molecule has 0 N–H and O–H groups in total. The van der Waals surface area contributed by atoms with E-state index in [1.165, 1.54) is 0 Å². The van der Waals surface area contributed by atoms with Gasteiger partial charge in [0.05, 0.1) is 12.9 Å². The third-order valence-corrected chi connectivity index (χ3v) is 2.18. The monoisotopic (exact) mass is 208 g/mol. The number of rotatable bonds is 7. The fourth-order valence-electron chi connectivity index (χ4n) is 0.868. The van der Waals surface area contributed by atoms with Crippen LogP contribution in [0.5, 0.6) is 0 Å². The molecule has 0 fully saturated rings. The lowest BCUT2D eigenvalue weighted by Crippen LogP contribution is -2.14. The van der Waals surface area contributed by atoms with Crippen LogP contribution in [0.4, 0.5) is 0 Å². The molecule has 78 valence electrons. The van der Waals surface area contributed by atoms with Crippen LogP contribution in [-0.4, -0.2) is 27.6 Å². The van der Waals surface area contributed by atoms with Gasteiger partial charge in [-0.2, -0.15) is 8.42 Å². The van der Waals surface area contributed by atoms with Gasteiger partial charge < -0.3 is 4.79 Å². The van der Waals surface area contributed by atoms with Gasteiger partial charge in [-0.25, -0.2) is 0 Å². The standard InChI is InChI=1S/C8H16O4S/c1-3-4-5-8(6-9)7-12-13(2,10)11/h6,8H,3-5,7H2,1-2H3. The molecule has 13 heavy (non-hydrogen) atoms. The first-order valence-electron chi connectivity index (χ1n) is 4.29. The number of carbonyl (C=O) groups is 1. The number of carbonyl (C=O) groups excluding carboxylic acids is 1. The van der Waals surface area contributed by atoms with Crippen molar-refractivity contribution in [3.63, 3.8) is 0 Å². The number of aldehydes is 1. The first kappa shape index (κ1) is 12.6. The van der Waals surface area contributed by atoms with E-state index in [1.807, 2.05) is 6.92 Å². The van der Waals surface area contributed by atoms with Crippen molar-refractivity contribution in [3.05, 3.63) is 0 Å². The molecule has 0 spiro atoms. The van der Waals surface area contributed by atoms with E-state index >= 15 is 0 Å². The highest BCUT2D eigenvalue weighted by molar-refractivity contribution is 7.85. The van der Waals surface area contributed by atoms with Crippen LogP contribution in [0.2, 0.25) is 0 Å². The molecule has 0 aliphatic carbocycles. The van der Waals surface area contributed by atoms with Crippen LogP contribution in [0.3, 0.4) is 0 Å². The van der Waals surface area contributed by atoms with E-state index in [4.69, 9.17) is 0 Å². The highest BCUT2D eigenvalue weighted by Crippen LogP contribution is 2.07. The fourth-order valence-corrected chi connectivity index (χ4v) is 1.29. The van der Waals surface area contributed by atoms with E-state index in [-0.39, 0.29) is 12.5 Å². The maximum Gasteiger partial charge on any atom is 0.264 e. The van der Waals surface area contributed by atoms with Gasteiger partial charge in [-0.1, -0.05) is 19.8 Å². The molecule has 0 saturated carbocycles. The average Bonchev–Trinajstić information content (AvgIpc) is 2.03. The molecule has 5 heteroatoms. The quantitative estimate of drug-likeness (QED) is 0.462. The largest absolute Gasteiger partial charge is 0.303 e. The summed E-state index contributed by atoms with van der Waals surface area (Å²) < 4.78 is 25.7. The van der Waals surface area contributed by atoms with Gasteiger partial charge in [-0.15, -0.1) is 0 Å². The Morgan fingerprint density at radius 3 is 2.46 bits per heavy atom. The summed E-state index contributed by atoms with van der Waals surface area (Å²) >= 11 is 0. The molecule has 4 nitrogen and oxygen atoms in total. The summed E-state index contributed by atoms with van der Waals surface area (Å²) in [7, 11) is -3.41. The van der Waals surface area contributed by atoms with Crippen LogP contribution in [-0.2, 0) is 19.1 Å². The second kappa shape index (κ2) is 6.10. The SMILES string of the molecule is CCCCC(C=O)COS(C)(=O)=O. The molecular formula is C8H16O4S. The van der Waals surface area contributed by atoms with E-state index < -0.39 is 10.1 Å². The first-order chi connectivity index (χ1) is 5.99. The number of unbranched alkanes of at least 4 members (excludes halogenated alkanes) is 1. The Balaban J connectivity index is 3.79. The van der Waals surface area contributed by atoms with Crippen LogP contribution in [0.25, 0.3) is 0 Å². The predicted molar refractivity (Wildman–Crippen MR) is 49.9 cm³/mol. The molecule has 0 saturated heterocycles. The van der Waals surface area contributed by atoms with Crippen LogP contribution in [0, 0.1) is 5.92 Å². The van der Waals surface area contributed by atoms with Crippen molar-refractivity contribution in [2.75, 3.05) is 12.9 Å². The van der Waals surface area contributed by atoms with Gasteiger partial charge in [0.15, 0.2) is 0 Å². The van der Waals surface area contributed by atoms with Crippen LogP contribution >= 0.6 is 0 Å². The fraction of sp³-hybridized carbons (Fsp3) is 0.875. The third kappa shape index (κ3) is 7.93. The lowest BCUT2D eigenvalue weighted by atomic mass is 10.1. The topological polar surface area (TPSA) is 60.4 Å². The van der Waals surface area contributed by atoms with Crippen molar-refractivity contribution in [3.8, 4) is 0 Å². The highest BCUT2D eigenvalue weighted by Gasteiger charge is 2.10. The first-order valence-corrected chi connectivity index (χ1v) is 6.11. The van der Waals surface area contributed by atoms with Gasteiger partial charge in [0, 0.05) is 5.92 Å². The molecule has 0 rings (SSSR count). The zero-order valence-electron chi connectivity index (χ0n) is 8.02. The summed E-state index contributed by atoms with van der Waals surface area (Å²) in [5.41, 5.74) is 0. The third-order valence-electron chi connectivity index (χ3n) is 1.62. The number of hydrogen-bond donors (Lipinski definition) is 0. The van der Waals surface area contributed by atoms with Gasteiger partial charge >= 0.3 is 0 Å². The van der Waals surface area contributed by atoms with Crippen molar-refractivity contribution in [2.24, 2.45) is 5.92 Å². The molecule has 0 amide bonds. The maximum absolute atomic E-state index is 10.6. The van der Waals surface area contributed by atoms with Crippen molar-refractivity contribution < 1.29 is 17.4 Å². The Labute approximate surface area is 79.4 Å². The summed E-state index contributed by atoms with van der Waals surface area (Å²) in [6.45, 7) is 1.99. The summed E-state index contributed by atoms with van der Waals surface area (Å²) in [6.07, 6.45) is 4.32. The Bertz CT molecular complexity index is 233. The molecule has 0 aliphatic rings. The maximum atomic E-state index is 10.6. The minimum Gasteiger partial charge on any atom is -0.303 e. The Morgan fingerprint density at radius 1 is 1.46 bits per heavy atom. The van der Waals surface area contributed by atoms with Crippen LogP contribution < -0.4 is 0 Å². The molecule has 0 heterocycles. The van der Waals surface area contributed by atoms with E-state index in [9.17, 15) is 13.2 Å². The number of hydrogen-bond acceptors (Lipinski definition) is 4. The average molecular weight is 208 g/mol.